The zero-order chi connectivity index (χ0) is 15.6. The second-order valence-electron chi connectivity index (χ2n) is 4.73. The van der Waals surface area contributed by atoms with Crippen molar-refractivity contribution in [2.24, 2.45) is 0 Å². The summed E-state index contributed by atoms with van der Waals surface area (Å²) in [6, 6.07) is 9.89. The molecule has 0 bridgehead atoms. The van der Waals surface area contributed by atoms with Crippen LogP contribution < -0.4 is 5.73 Å². The molecule has 0 aliphatic heterocycles. The van der Waals surface area contributed by atoms with Crippen molar-refractivity contribution in [1.29, 1.82) is 0 Å². The molecular weight excluding hydrogens is 299 g/mol. The molecule has 0 heterocycles. The summed E-state index contributed by atoms with van der Waals surface area (Å²) in [5.74, 6) is 0.131. The van der Waals surface area contributed by atoms with Gasteiger partial charge in [0, 0.05) is 5.69 Å². The SMILES string of the molecule is Cc1ccc(N)c(S(=O)Cc2ccc(C(F)(F)F)cc2)c1. The highest BCUT2D eigenvalue weighted by atomic mass is 32.2. The van der Waals surface area contributed by atoms with Crippen molar-refractivity contribution >= 4 is 16.5 Å². The Balaban J connectivity index is 2.18. The Kier molecular flexibility index (Phi) is 4.37. The predicted molar refractivity (Wildman–Crippen MR) is 77.1 cm³/mol. The second-order valence-corrected chi connectivity index (χ2v) is 6.15. The molecule has 2 rings (SSSR count). The molecule has 0 radical (unpaired) electrons. The molecule has 2 aromatic rings. The van der Waals surface area contributed by atoms with Gasteiger partial charge < -0.3 is 5.73 Å². The first-order valence-electron chi connectivity index (χ1n) is 6.18. The summed E-state index contributed by atoms with van der Waals surface area (Å²) in [6.45, 7) is 1.86. The largest absolute Gasteiger partial charge is 0.416 e. The van der Waals surface area contributed by atoms with Crippen LogP contribution in [-0.4, -0.2) is 4.21 Å². The predicted octanol–water partition coefficient (Wildman–Crippen LogP) is 3.90. The standard InChI is InChI=1S/C15H14F3NOS/c1-10-2-7-13(19)14(8-10)21(20)9-11-3-5-12(6-4-11)15(16,17)18/h2-8H,9,19H2,1H3. The molecule has 2 N–H and O–H groups in total. The maximum Gasteiger partial charge on any atom is 0.416 e. The summed E-state index contributed by atoms with van der Waals surface area (Å²) >= 11 is 0. The van der Waals surface area contributed by atoms with Gasteiger partial charge in [-0.15, -0.1) is 0 Å². The second kappa shape index (κ2) is 5.89. The third-order valence-corrected chi connectivity index (χ3v) is 4.43. The molecule has 0 aliphatic carbocycles. The number of halogens is 3. The number of nitrogen functional groups attached to an aromatic ring is 1. The number of aryl methyl sites for hydroxylation is 1. The lowest BCUT2D eigenvalue weighted by molar-refractivity contribution is -0.137. The Labute approximate surface area is 123 Å². The number of hydrogen-bond acceptors (Lipinski definition) is 2. The Morgan fingerprint density at radius 1 is 1.10 bits per heavy atom. The van der Waals surface area contributed by atoms with E-state index in [1.165, 1.54) is 12.1 Å². The normalized spacial score (nSPS) is 13.1. The molecule has 0 fully saturated rings. The molecule has 6 heteroatoms. The Morgan fingerprint density at radius 2 is 1.71 bits per heavy atom. The van der Waals surface area contributed by atoms with E-state index < -0.39 is 22.5 Å². The monoisotopic (exact) mass is 313 g/mol. The average molecular weight is 313 g/mol. The van der Waals surface area contributed by atoms with Crippen molar-refractivity contribution in [3.8, 4) is 0 Å². The quantitative estimate of drug-likeness (QED) is 0.873. The molecule has 1 unspecified atom stereocenters. The number of hydrogen-bond donors (Lipinski definition) is 1. The van der Waals surface area contributed by atoms with E-state index in [9.17, 15) is 17.4 Å². The molecule has 0 aliphatic rings. The number of nitrogens with two attached hydrogens (primary N) is 1. The number of rotatable bonds is 3. The minimum Gasteiger partial charge on any atom is -0.398 e. The van der Waals surface area contributed by atoms with Crippen LogP contribution in [0.25, 0.3) is 0 Å². The lowest BCUT2D eigenvalue weighted by Gasteiger charge is -2.09. The van der Waals surface area contributed by atoms with E-state index >= 15 is 0 Å². The van der Waals surface area contributed by atoms with Crippen molar-refractivity contribution in [1.82, 2.24) is 0 Å². The molecule has 0 aromatic heterocycles. The summed E-state index contributed by atoms with van der Waals surface area (Å²) in [4.78, 5) is 0.509. The van der Waals surface area contributed by atoms with E-state index in [0.29, 0.717) is 16.1 Å². The lowest BCUT2D eigenvalue weighted by atomic mass is 10.1. The number of anilines is 1. The number of alkyl halides is 3. The minimum absolute atomic E-state index is 0.131. The summed E-state index contributed by atoms with van der Waals surface area (Å²) in [7, 11) is -1.39. The summed E-state index contributed by atoms with van der Waals surface area (Å²) in [6.07, 6.45) is -4.36. The van der Waals surface area contributed by atoms with Gasteiger partial charge in [0.15, 0.2) is 0 Å². The average Bonchev–Trinajstić information content (AvgIpc) is 2.41. The molecule has 0 spiro atoms. The summed E-state index contributed by atoms with van der Waals surface area (Å²) in [5.41, 5.74) is 6.99. The maximum absolute atomic E-state index is 12.5. The molecule has 1 atom stereocenters. The molecular formula is C15H14F3NOS. The first-order valence-corrected chi connectivity index (χ1v) is 7.50. The maximum atomic E-state index is 12.5. The minimum atomic E-state index is -4.36. The molecule has 112 valence electrons. The fourth-order valence-electron chi connectivity index (χ4n) is 1.86. The van der Waals surface area contributed by atoms with Crippen molar-refractivity contribution in [3.05, 3.63) is 59.2 Å². The van der Waals surface area contributed by atoms with Crippen LogP contribution in [0.1, 0.15) is 16.7 Å². The van der Waals surface area contributed by atoms with Gasteiger partial charge in [-0.05, 0) is 42.3 Å². The highest BCUT2D eigenvalue weighted by Crippen LogP contribution is 2.29. The first kappa shape index (κ1) is 15.6. The first-order chi connectivity index (χ1) is 9.77. The van der Waals surface area contributed by atoms with Gasteiger partial charge in [0.1, 0.15) is 0 Å². The van der Waals surface area contributed by atoms with Crippen molar-refractivity contribution < 1.29 is 17.4 Å². The molecule has 0 saturated heterocycles. The lowest BCUT2D eigenvalue weighted by Crippen LogP contribution is -2.05. The van der Waals surface area contributed by atoms with Gasteiger partial charge in [-0.3, -0.25) is 4.21 Å². The van der Waals surface area contributed by atoms with Gasteiger partial charge in [0.2, 0.25) is 0 Å². The number of benzene rings is 2. The summed E-state index contributed by atoms with van der Waals surface area (Å²) in [5, 5.41) is 0. The van der Waals surface area contributed by atoms with Gasteiger partial charge in [-0.2, -0.15) is 13.2 Å². The van der Waals surface area contributed by atoms with Gasteiger partial charge in [0.05, 0.1) is 27.0 Å². The van der Waals surface area contributed by atoms with Crippen molar-refractivity contribution in [2.75, 3.05) is 5.73 Å². The Morgan fingerprint density at radius 3 is 2.29 bits per heavy atom. The third-order valence-electron chi connectivity index (χ3n) is 2.99. The van der Waals surface area contributed by atoms with Crippen molar-refractivity contribution in [2.45, 2.75) is 23.7 Å². The van der Waals surface area contributed by atoms with Crippen LogP contribution in [0.3, 0.4) is 0 Å². The van der Waals surface area contributed by atoms with Gasteiger partial charge in [-0.1, -0.05) is 18.2 Å². The van der Waals surface area contributed by atoms with Crippen LogP contribution in [0.15, 0.2) is 47.4 Å². The van der Waals surface area contributed by atoms with Crippen LogP contribution in [0.2, 0.25) is 0 Å². The molecule has 2 aromatic carbocycles. The van der Waals surface area contributed by atoms with Crippen molar-refractivity contribution in [3.63, 3.8) is 0 Å². The zero-order valence-electron chi connectivity index (χ0n) is 11.3. The fraction of sp³-hybridized carbons (Fsp3) is 0.200. The topological polar surface area (TPSA) is 43.1 Å². The van der Waals surface area contributed by atoms with E-state index in [-0.39, 0.29) is 5.75 Å². The van der Waals surface area contributed by atoms with E-state index in [4.69, 9.17) is 5.73 Å². The van der Waals surface area contributed by atoms with Crippen LogP contribution in [0.5, 0.6) is 0 Å². The van der Waals surface area contributed by atoms with Crippen LogP contribution in [-0.2, 0) is 22.7 Å². The molecule has 0 amide bonds. The Bertz CT molecular complexity index is 666. The van der Waals surface area contributed by atoms with Gasteiger partial charge in [0.25, 0.3) is 0 Å². The highest BCUT2D eigenvalue weighted by molar-refractivity contribution is 7.84. The molecule has 21 heavy (non-hydrogen) atoms. The highest BCUT2D eigenvalue weighted by Gasteiger charge is 2.29. The van der Waals surface area contributed by atoms with Gasteiger partial charge in [-0.25, -0.2) is 0 Å². The fourth-order valence-corrected chi connectivity index (χ4v) is 3.16. The van der Waals surface area contributed by atoms with Gasteiger partial charge >= 0.3 is 6.18 Å². The third kappa shape index (κ3) is 3.85. The molecule has 0 saturated carbocycles. The Hall–Kier alpha value is -1.82. The van der Waals surface area contributed by atoms with Crippen LogP contribution in [0.4, 0.5) is 18.9 Å². The van der Waals surface area contributed by atoms with Crippen LogP contribution in [0, 0.1) is 6.92 Å². The van der Waals surface area contributed by atoms with E-state index in [2.05, 4.69) is 0 Å². The summed E-state index contributed by atoms with van der Waals surface area (Å²) < 4.78 is 49.7. The van der Waals surface area contributed by atoms with E-state index in [0.717, 1.165) is 17.7 Å². The van der Waals surface area contributed by atoms with Crippen LogP contribution >= 0.6 is 0 Å². The van der Waals surface area contributed by atoms with E-state index in [1.807, 2.05) is 13.0 Å². The van der Waals surface area contributed by atoms with E-state index in [1.54, 1.807) is 12.1 Å². The molecule has 2 nitrogen and oxygen atoms in total. The smallest absolute Gasteiger partial charge is 0.398 e. The zero-order valence-corrected chi connectivity index (χ0v) is 12.1.